The molecule has 0 aromatic carbocycles. The minimum Gasteiger partial charge on any atom is -0.385 e. The molecule has 6 nitrogen and oxygen atoms in total. The van der Waals surface area contributed by atoms with Crippen molar-refractivity contribution >= 4 is 23.1 Å². The number of aliphatic hydroxyl groups excluding tert-OH is 1. The standard InChI is InChI=1S/C8H8ClF2N3O3/c9-5-1-4(14(16)17)2-12-8(5)13-3-6(15)7(10)11/h1-2,6-7,15H,3H2,(H,12,13). The third-order valence-electron chi connectivity index (χ3n) is 1.81. The molecule has 9 heteroatoms. The number of alkyl halides is 2. The molecule has 2 N–H and O–H groups in total. The molecular formula is C8H8ClF2N3O3. The summed E-state index contributed by atoms with van der Waals surface area (Å²) in [6, 6.07) is 1.03. The molecule has 1 unspecified atom stereocenters. The van der Waals surface area contributed by atoms with Crippen LogP contribution >= 0.6 is 11.6 Å². The molecule has 0 aliphatic rings. The number of pyridine rings is 1. The summed E-state index contributed by atoms with van der Waals surface area (Å²) in [4.78, 5) is 13.3. The summed E-state index contributed by atoms with van der Waals surface area (Å²) in [5.41, 5.74) is -0.310. The number of aliphatic hydroxyl groups is 1. The van der Waals surface area contributed by atoms with E-state index in [0.29, 0.717) is 0 Å². The van der Waals surface area contributed by atoms with Crippen LogP contribution in [-0.2, 0) is 0 Å². The van der Waals surface area contributed by atoms with E-state index in [2.05, 4.69) is 10.3 Å². The Morgan fingerprint density at radius 3 is 2.76 bits per heavy atom. The lowest BCUT2D eigenvalue weighted by atomic mass is 10.3. The number of halogens is 3. The van der Waals surface area contributed by atoms with Gasteiger partial charge in [0.05, 0.1) is 9.95 Å². The van der Waals surface area contributed by atoms with Gasteiger partial charge in [-0.25, -0.2) is 13.8 Å². The third kappa shape index (κ3) is 3.75. The van der Waals surface area contributed by atoms with Crippen molar-refractivity contribution in [1.82, 2.24) is 4.98 Å². The fourth-order valence-electron chi connectivity index (χ4n) is 0.948. The van der Waals surface area contributed by atoms with E-state index >= 15 is 0 Å². The van der Waals surface area contributed by atoms with Crippen LogP contribution in [0.4, 0.5) is 20.3 Å². The van der Waals surface area contributed by atoms with E-state index in [1.54, 1.807) is 0 Å². The van der Waals surface area contributed by atoms with Gasteiger partial charge < -0.3 is 10.4 Å². The molecule has 0 bridgehead atoms. The highest BCUT2D eigenvalue weighted by atomic mass is 35.5. The van der Waals surface area contributed by atoms with Gasteiger partial charge in [-0.3, -0.25) is 10.1 Å². The van der Waals surface area contributed by atoms with Gasteiger partial charge >= 0.3 is 0 Å². The number of nitrogens with zero attached hydrogens (tertiary/aromatic N) is 2. The Kier molecular flexibility index (Phi) is 4.53. The minimum atomic E-state index is -2.89. The zero-order valence-electron chi connectivity index (χ0n) is 8.31. The minimum absolute atomic E-state index is 0.00281. The molecule has 1 heterocycles. The Morgan fingerprint density at radius 2 is 2.29 bits per heavy atom. The SMILES string of the molecule is O=[N+]([O-])c1cnc(NCC(O)C(F)F)c(Cl)c1. The van der Waals surface area contributed by atoms with Gasteiger partial charge in [0.2, 0.25) is 0 Å². The molecule has 0 saturated carbocycles. The normalized spacial score (nSPS) is 12.5. The molecule has 1 rings (SSSR count). The van der Waals surface area contributed by atoms with Crippen molar-refractivity contribution in [3.8, 4) is 0 Å². The Hall–Kier alpha value is -1.54. The number of nitrogens with one attached hydrogen (secondary N) is 1. The van der Waals surface area contributed by atoms with Crippen LogP contribution in [0.3, 0.4) is 0 Å². The van der Waals surface area contributed by atoms with Gasteiger partial charge in [0.25, 0.3) is 12.1 Å². The topological polar surface area (TPSA) is 88.3 Å². The van der Waals surface area contributed by atoms with Crippen molar-refractivity contribution in [2.45, 2.75) is 12.5 Å². The van der Waals surface area contributed by atoms with Crippen molar-refractivity contribution in [1.29, 1.82) is 0 Å². The van der Waals surface area contributed by atoms with E-state index in [0.717, 1.165) is 12.3 Å². The summed E-state index contributed by atoms with van der Waals surface area (Å²) < 4.78 is 23.9. The molecule has 1 atom stereocenters. The first-order chi connectivity index (χ1) is 7.91. The second-order valence-electron chi connectivity index (χ2n) is 3.06. The van der Waals surface area contributed by atoms with Gasteiger partial charge in [-0.15, -0.1) is 0 Å². The largest absolute Gasteiger partial charge is 0.385 e. The van der Waals surface area contributed by atoms with Crippen molar-refractivity contribution in [3.63, 3.8) is 0 Å². The lowest BCUT2D eigenvalue weighted by Gasteiger charge is -2.11. The van der Waals surface area contributed by atoms with Gasteiger partial charge in [-0.1, -0.05) is 11.6 Å². The molecule has 1 aromatic heterocycles. The Balaban J connectivity index is 2.70. The quantitative estimate of drug-likeness (QED) is 0.626. The fourth-order valence-corrected chi connectivity index (χ4v) is 1.18. The average Bonchev–Trinajstić information content (AvgIpc) is 2.26. The molecule has 1 aromatic rings. The molecule has 0 spiro atoms. The molecule has 0 aliphatic carbocycles. The number of anilines is 1. The van der Waals surface area contributed by atoms with Crippen LogP contribution in [-0.4, -0.2) is 34.1 Å². The van der Waals surface area contributed by atoms with Crippen molar-refractivity contribution in [2.75, 3.05) is 11.9 Å². The van der Waals surface area contributed by atoms with E-state index in [4.69, 9.17) is 16.7 Å². The molecule has 17 heavy (non-hydrogen) atoms. The van der Waals surface area contributed by atoms with Crippen molar-refractivity contribution < 1.29 is 18.8 Å². The maximum atomic E-state index is 12.0. The van der Waals surface area contributed by atoms with E-state index in [1.165, 1.54) is 0 Å². The van der Waals surface area contributed by atoms with Crippen LogP contribution in [0, 0.1) is 10.1 Å². The summed E-state index contributed by atoms with van der Waals surface area (Å²) in [5.74, 6) is -0.00281. The monoisotopic (exact) mass is 267 g/mol. The molecule has 0 fully saturated rings. The van der Waals surface area contributed by atoms with Gasteiger partial charge in [-0.2, -0.15) is 0 Å². The number of hydrogen-bond acceptors (Lipinski definition) is 5. The Bertz CT molecular complexity index is 419. The second-order valence-corrected chi connectivity index (χ2v) is 3.47. The highest BCUT2D eigenvalue weighted by Gasteiger charge is 2.17. The smallest absolute Gasteiger partial charge is 0.289 e. The zero-order valence-corrected chi connectivity index (χ0v) is 9.06. The van der Waals surface area contributed by atoms with E-state index in [1.807, 2.05) is 0 Å². The molecular weight excluding hydrogens is 260 g/mol. The molecule has 0 amide bonds. The fraction of sp³-hybridized carbons (Fsp3) is 0.375. The summed E-state index contributed by atoms with van der Waals surface area (Å²) in [7, 11) is 0. The second kappa shape index (κ2) is 5.69. The van der Waals surface area contributed by atoms with E-state index in [-0.39, 0.29) is 16.5 Å². The molecule has 0 aliphatic heterocycles. The van der Waals surface area contributed by atoms with Crippen LogP contribution < -0.4 is 5.32 Å². The predicted octanol–water partition coefficient (Wildman–Crippen LogP) is 1.68. The maximum Gasteiger partial charge on any atom is 0.289 e. The number of aromatic nitrogens is 1. The summed E-state index contributed by atoms with van der Waals surface area (Å²) >= 11 is 5.64. The Morgan fingerprint density at radius 1 is 1.65 bits per heavy atom. The van der Waals surface area contributed by atoms with Gasteiger partial charge in [0.15, 0.2) is 0 Å². The first-order valence-electron chi connectivity index (χ1n) is 4.42. The van der Waals surface area contributed by atoms with Crippen molar-refractivity contribution in [2.24, 2.45) is 0 Å². The van der Waals surface area contributed by atoms with E-state index < -0.39 is 24.0 Å². The van der Waals surface area contributed by atoms with Crippen molar-refractivity contribution in [3.05, 3.63) is 27.4 Å². The van der Waals surface area contributed by atoms with E-state index in [9.17, 15) is 18.9 Å². The summed E-state index contributed by atoms with van der Waals surface area (Å²) in [6.45, 7) is -0.456. The lowest BCUT2D eigenvalue weighted by molar-refractivity contribution is -0.385. The van der Waals surface area contributed by atoms with Gasteiger partial charge in [0.1, 0.15) is 18.1 Å². The average molecular weight is 268 g/mol. The molecule has 0 radical (unpaired) electrons. The Labute approximate surface area is 99.4 Å². The maximum absolute atomic E-state index is 12.0. The van der Waals surface area contributed by atoms with Crippen LogP contribution in [0.15, 0.2) is 12.3 Å². The summed E-state index contributed by atoms with van der Waals surface area (Å²) in [6.07, 6.45) is -3.81. The highest BCUT2D eigenvalue weighted by Crippen LogP contribution is 2.23. The summed E-state index contributed by atoms with van der Waals surface area (Å²) in [5, 5.41) is 21.5. The predicted molar refractivity (Wildman–Crippen MR) is 56.4 cm³/mol. The molecule has 0 saturated heterocycles. The number of nitro groups is 1. The van der Waals surface area contributed by atoms with Gasteiger partial charge in [0, 0.05) is 12.6 Å². The lowest BCUT2D eigenvalue weighted by Crippen LogP contribution is -2.27. The van der Waals surface area contributed by atoms with Gasteiger partial charge in [-0.05, 0) is 0 Å². The zero-order chi connectivity index (χ0) is 13.0. The van der Waals surface area contributed by atoms with Crippen LogP contribution in [0.25, 0.3) is 0 Å². The molecule has 94 valence electrons. The number of rotatable bonds is 5. The number of hydrogen-bond donors (Lipinski definition) is 2. The first-order valence-corrected chi connectivity index (χ1v) is 4.79. The third-order valence-corrected chi connectivity index (χ3v) is 2.10. The van der Waals surface area contributed by atoms with Crippen LogP contribution in [0.1, 0.15) is 0 Å². The van der Waals surface area contributed by atoms with Crippen LogP contribution in [0.2, 0.25) is 5.02 Å². The highest BCUT2D eigenvalue weighted by molar-refractivity contribution is 6.33. The van der Waals surface area contributed by atoms with Crippen LogP contribution in [0.5, 0.6) is 0 Å². The first kappa shape index (κ1) is 13.5.